The smallest absolute Gasteiger partial charge is 0.407 e. The first-order valence-electron chi connectivity index (χ1n) is 12.7. The van der Waals surface area contributed by atoms with Crippen molar-refractivity contribution in [2.75, 3.05) is 13.2 Å². The van der Waals surface area contributed by atoms with E-state index in [2.05, 4.69) is 22.2 Å². The standard InChI is InChI=1S/C27H25N5O7S/c1-2-14-11-27(14,25(35)36)31-22(33)19-10-15(12-32(19)24(34)18-13-38-26(37)30-18)39-23-21(20-8-5-9-40-20)28-16-6-3-4-7-17(16)29-23/h2-9,14-15,18-19H,1,10-13H2,(H,30,37)(H,31,33)(H,35,36)/t14-,15-,18?,19+,27-/m1/s1. The number of carbonyl (C=O) groups excluding carboxylic acids is 3. The Hall–Kier alpha value is -4.52. The third-order valence-corrected chi connectivity index (χ3v) is 8.29. The van der Waals surface area contributed by atoms with Crippen LogP contribution in [-0.4, -0.2) is 80.7 Å². The highest BCUT2D eigenvalue weighted by Crippen LogP contribution is 2.45. The van der Waals surface area contributed by atoms with Gasteiger partial charge in [0.25, 0.3) is 0 Å². The highest BCUT2D eigenvalue weighted by Gasteiger charge is 2.61. The largest absolute Gasteiger partial charge is 0.479 e. The van der Waals surface area contributed by atoms with Gasteiger partial charge in [-0.1, -0.05) is 24.3 Å². The van der Waals surface area contributed by atoms with E-state index in [4.69, 9.17) is 14.5 Å². The Labute approximate surface area is 232 Å². The predicted molar refractivity (Wildman–Crippen MR) is 142 cm³/mol. The lowest BCUT2D eigenvalue weighted by atomic mass is 10.1. The topological polar surface area (TPSA) is 160 Å². The fraction of sp³-hybridized carbons (Fsp3) is 0.333. The number of carboxylic acid groups (broad SMARTS) is 1. The quantitative estimate of drug-likeness (QED) is 0.348. The number of amides is 3. The molecule has 1 aromatic carbocycles. The number of cyclic esters (lactones) is 1. The number of ether oxygens (including phenoxy) is 2. The molecule has 2 aromatic heterocycles. The van der Waals surface area contributed by atoms with Gasteiger partial charge >= 0.3 is 12.1 Å². The third-order valence-electron chi connectivity index (χ3n) is 7.42. The summed E-state index contributed by atoms with van der Waals surface area (Å²) < 4.78 is 11.2. The van der Waals surface area contributed by atoms with Crippen LogP contribution >= 0.6 is 11.3 Å². The minimum Gasteiger partial charge on any atom is -0.479 e. The number of likely N-dealkylation sites (tertiary alicyclic amines) is 1. The molecule has 13 heteroatoms. The molecule has 1 saturated carbocycles. The van der Waals surface area contributed by atoms with Gasteiger partial charge in [0, 0.05) is 12.3 Å². The molecule has 2 aliphatic heterocycles. The zero-order chi connectivity index (χ0) is 28.0. The molecule has 5 atom stereocenters. The first-order valence-corrected chi connectivity index (χ1v) is 13.6. The lowest BCUT2D eigenvalue weighted by molar-refractivity contribution is -0.145. The van der Waals surface area contributed by atoms with E-state index in [-0.39, 0.29) is 31.9 Å². The summed E-state index contributed by atoms with van der Waals surface area (Å²) in [7, 11) is 0. The Kier molecular flexibility index (Phi) is 6.37. The molecular weight excluding hydrogens is 538 g/mol. The van der Waals surface area contributed by atoms with Crippen LogP contribution in [0.4, 0.5) is 4.79 Å². The average molecular weight is 564 g/mol. The van der Waals surface area contributed by atoms with Gasteiger partial charge in [-0.3, -0.25) is 9.59 Å². The van der Waals surface area contributed by atoms with Gasteiger partial charge in [-0.2, -0.15) is 0 Å². The van der Waals surface area contributed by atoms with Crippen molar-refractivity contribution in [3.63, 3.8) is 0 Å². The van der Waals surface area contributed by atoms with Crippen LogP contribution in [0.2, 0.25) is 0 Å². The first kappa shape index (κ1) is 25.7. The fourth-order valence-electron chi connectivity index (χ4n) is 5.21. The maximum Gasteiger partial charge on any atom is 0.407 e. The summed E-state index contributed by atoms with van der Waals surface area (Å²) in [5.74, 6) is -2.48. The molecule has 0 bridgehead atoms. The number of hydrogen-bond donors (Lipinski definition) is 3. The van der Waals surface area contributed by atoms with Crippen LogP contribution in [-0.2, 0) is 19.1 Å². The zero-order valence-electron chi connectivity index (χ0n) is 21.1. The van der Waals surface area contributed by atoms with Crippen molar-refractivity contribution in [1.82, 2.24) is 25.5 Å². The molecule has 3 fully saturated rings. The Bertz CT molecular complexity index is 1530. The van der Waals surface area contributed by atoms with Crippen LogP contribution < -0.4 is 15.4 Å². The van der Waals surface area contributed by atoms with Gasteiger partial charge < -0.3 is 30.1 Å². The second-order valence-electron chi connectivity index (χ2n) is 9.93. The van der Waals surface area contributed by atoms with Gasteiger partial charge in [0.2, 0.25) is 17.7 Å². The molecule has 4 heterocycles. The third kappa shape index (κ3) is 4.51. The van der Waals surface area contributed by atoms with Gasteiger partial charge in [-0.15, -0.1) is 17.9 Å². The number of thiophene rings is 1. The van der Waals surface area contributed by atoms with E-state index in [1.54, 1.807) is 0 Å². The molecule has 40 heavy (non-hydrogen) atoms. The van der Waals surface area contributed by atoms with Gasteiger partial charge in [0.1, 0.15) is 36.0 Å². The molecule has 3 aliphatic rings. The number of nitrogens with zero attached hydrogens (tertiary/aromatic N) is 3. The summed E-state index contributed by atoms with van der Waals surface area (Å²) in [5, 5.41) is 16.8. The number of aromatic nitrogens is 2. The Morgan fingerprint density at radius 3 is 2.62 bits per heavy atom. The van der Waals surface area contributed by atoms with Crippen molar-refractivity contribution in [2.45, 2.75) is 36.6 Å². The minimum absolute atomic E-state index is 0.00658. The molecule has 6 rings (SSSR count). The van der Waals surface area contributed by atoms with E-state index in [0.717, 1.165) is 4.88 Å². The Morgan fingerprint density at radius 1 is 1.23 bits per heavy atom. The number of aliphatic carboxylic acids is 1. The van der Waals surface area contributed by atoms with E-state index in [9.17, 15) is 24.3 Å². The Balaban J connectivity index is 1.30. The maximum atomic E-state index is 13.5. The molecule has 3 aromatic rings. The van der Waals surface area contributed by atoms with Crippen molar-refractivity contribution in [3.8, 4) is 16.5 Å². The average Bonchev–Trinajstić information content (AvgIpc) is 3.37. The molecule has 3 N–H and O–H groups in total. The molecular formula is C27H25N5O7S. The van der Waals surface area contributed by atoms with Gasteiger partial charge in [-0.25, -0.2) is 19.6 Å². The lowest BCUT2D eigenvalue weighted by Crippen LogP contribution is -2.55. The number of rotatable bonds is 8. The van der Waals surface area contributed by atoms with E-state index in [0.29, 0.717) is 16.7 Å². The molecule has 3 amide bonds. The van der Waals surface area contributed by atoms with Gasteiger partial charge in [0.15, 0.2) is 0 Å². The molecule has 0 radical (unpaired) electrons. The number of benzene rings is 1. The second kappa shape index (κ2) is 9.90. The summed E-state index contributed by atoms with van der Waals surface area (Å²) >= 11 is 1.47. The minimum atomic E-state index is -1.46. The van der Waals surface area contributed by atoms with Crippen LogP contribution in [0, 0.1) is 5.92 Å². The van der Waals surface area contributed by atoms with E-state index in [1.165, 1.54) is 22.3 Å². The Morgan fingerprint density at radius 2 is 2.00 bits per heavy atom. The van der Waals surface area contributed by atoms with Crippen molar-refractivity contribution in [1.29, 1.82) is 0 Å². The molecule has 1 aliphatic carbocycles. The van der Waals surface area contributed by atoms with Crippen molar-refractivity contribution >= 4 is 46.2 Å². The van der Waals surface area contributed by atoms with Crippen LogP contribution in [0.15, 0.2) is 54.4 Å². The van der Waals surface area contributed by atoms with Gasteiger partial charge in [-0.05, 0) is 30.0 Å². The fourth-order valence-corrected chi connectivity index (χ4v) is 5.91. The number of carboxylic acids is 1. The van der Waals surface area contributed by atoms with Crippen molar-refractivity contribution in [2.24, 2.45) is 5.92 Å². The zero-order valence-corrected chi connectivity index (χ0v) is 21.9. The maximum absolute atomic E-state index is 13.5. The predicted octanol–water partition coefficient (Wildman–Crippen LogP) is 1.96. The van der Waals surface area contributed by atoms with E-state index < -0.39 is 53.5 Å². The molecule has 12 nitrogen and oxygen atoms in total. The van der Waals surface area contributed by atoms with E-state index >= 15 is 0 Å². The number of carbonyl (C=O) groups is 4. The normalized spacial score (nSPS) is 27.1. The molecule has 2 saturated heterocycles. The van der Waals surface area contributed by atoms with Crippen LogP contribution in [0.5, 0.6) is 5.88 Å². The van der Waals surface area contributed by atoms with Crippen molar-refractivity contribution < 1.29 is 33.8 Å². The number of nitrogens with one attached hydrogen (secondary N) is 2. The number of hydrogen-bond acceptors (Lipinski definition) is 9. The van der Waals surface area contributed by atoms with E-state index in [1.807, 2.05) is 41.8 Å². The first-order chi connectivity index (χ1) is 19.3. The lowest BCUT2D eigenvalue weighted by Gasteiger charge is -2.26. The number of para-hydroxylation sites is 2. The SMILES string of the molecule is C=C[C@@H]1C[C@]1(NC(=O)[C@@H]1C[C@@H](Oc2nc3ccccc3nc2-c2cccs2)CN1C(=O)C1COC(=O)N1)C(=O)O. The molecule has 206 valence electrons. The molecule has 1 unspecified atom stereocenters. The van der Waals surface area contributed by atoms with Crippen molar-refractivity contribution in [3.05, 3.63) is 54.4 Å². The summed E-state index contributed by atoms with van der Waals surface area (Å²) in [5.41, 5.74) is 0.382. The highest BCUT2D eigenvalue weighted by molar-refractivity contribution is 7.13. The summed E-state index contributed by atoms with van der Waals surface area (Å²) in [6, 6.07) is 9.14. The summed E-state index contributed by atoms with van der Waals surface area (Å²) in [4.78, 5) is 62.1. The monoisotopic (exact) mass is 563 g/mol. The summed E-state index contributed by atoms with van der Waals surface area (Å²) in [6.45, 7) is 3.48. The summed E-state index contributed by atoms with van der Waals surface area (Å²) in [6.07, 6.45) is 0.387. The molecule has 0 spiro atoms. The number of fused-ring (bicyclic) bond motifs is 1. The highest BCUT2D eigenvalue weighted by atomic mass is 32.1. The van der Waals surface area contributed by atoms with Crippen LogP contribution in [0.3, 0.4) is 0 Å². The number of alkyl carbamates (subject to hydrolysis) is 1. The van der Waals surface area contributed by atoms with Crippen LogP contribution in [0.25, 0.3) is 21.6 Å². The van der Waals surface area contributed by atoms with Gasteiger partial charge in [0.05, 0.1) is 22.5 Å². The second-order valence-corrected chi connectivity index (χ2v) is 10.9. The van der Waals surface area contributed by atoms with Crippen LogP contribution in [0.1, 0.15) is 12.8 Å².